The molecule has 9 atom stereocenters. The minimum absolute atomic E-state index is 0.0123. The van der Waals surface area contributed by atoms with Crippen LogP contribution in [0.4, 0.5) is 11.8 Å². The number of aliphatic hydroxyl groups excluding tert-OH is 1. The van der Waals surface area contributed by atoms with Gasteiger partial charge in [-0.05, 0) is 6.42 Å². The third-order valence-corrected chi connectivity index (χ3v) is 9.80. The molecular weight excluding hydrogens is 630 g/mol. The van der Waals surface area contributed by atoms with Crippen molar-refractivity contribution in [2.75, 3.05) is 24.7 Å². The normalized spacial score (nSPS) is 36.6. The van der Waals surface area contributed by atoms with Gasteiger partial charge in [0.2, 0.25) is 5.95 Å². The van der Waals surface area contributed by atoms with Crippen LogP contribution in [0.2, 0.25) is 0 Å². The van der Waals surface area contributed by atoms with Gasteiger partial charge in [-0.15, -0.1) is 0 Å². The van der Waals surface area contributed by atoms with Crippen LogP contribution in [0.15, 0.2) is 23.8 Å². The number of nitrogen functional groups attached to an aromatic ring is 2. The summed E-state index contributed by atoms with van der Waals surface area (Å²) in [5.74, 6) is -0.983. The molecule has 2 saturated heterocycles. The molecule has 4 aromatic heterocycles. The first-order chi connectivity index (χ1) is 20.9. The van der Waals surface area contributed by atoms with Crippen molar-refractivity contribution < 1.29 is 46.9 Å². The van der Waals surface area contributed by atoms with E-state index in [0.29, 0.717) is 11.2 Å². The van der Waals surface area contributed by atoms with Crippen molar-refractivity contribution in [2.24, 2.45) is 5.92 Å². The van der Waals surface area contributed by atoms with Crippen LogP contribution < -0.4 is 17.0 Å². The fourth-order valence-corrected chi connectivity index (χ4v) is 7.82. The summed E-state index contributed by atoms with van der Waals surface area (Å²) in [5.41, 5.74) is 11.6. The van der Waals surface area contributed by atoms with Gasteiger partial charge in [0.05, 0.1) is 31.9 Å². The molecule has 8 N–H and O–H groups in total. The minimum atomic E-state index is -4.87. The predicted octanol–water partition coefficient (Wildman–Crippen LogP) is -0.649. The Morgan fingerprint density at radius 3 is 2.45 bits per heavy atom. The Hall–Kier alpha value is -3.36. The van der Waals surface area contributed by atoms with Gasteiger partial charge in [0.15, 0.2) is 22.6 Å². The van der Waals surface area contributed by atoms with Crippen LogP contribution in [0.3, 0.4) is 0 Å². The second-order valence-electron chi connectivity index (χ2n) is 10.5. The highest BCUT2D eigenvalue weighted by Crippen LogP contribution is 2.55. The largest absolute Gasteiger partial charge is 0.472 e. The van der Waals surface area contributed by atoms with E-state index in [1.165, 1.54) is 28.1 Å². The summed E-state index contributed by atoms with van der Waals surface area (Å²) in [4.78, 5) is 56.2. The summed E-state index contributed by atoms with van der Waals surface area (Å²) in [5, 5.41) is 11.2. The Morgan fingerprint density at radius 2 is 1.64 bits per heavy atom. The lowest BCUT2D eigenvalue weighted by atomic mass is 10.1. The minimum Gasteiger partial charge on any atom is -0.388 e. The summed E-state index contributed by atoms with van der Waals surface area (Å²) >= 11 is 0. The van der Waals surface area contributed by atoms with Crippen molar-refractivity contribution in [1.29, 1.82) is 0 Å². The van der Waals surface area contributed by atoms with Crippen molar-refractivity contribution in [2.45, 2.75) is 49.5 Å². The second kappa shape index (κ2) is 10.6. The number of imidazole rings is 2. The Labute approximate surface area is 245 Å². The number of aliphatic hydroxyl groups is 1. The van der Waals surface area contributed by atoms with Gasteiger partial charge in [-0.1, -0.05) is 0 Å². The molecule has 7 unspecified atom stereocenters. The number of aromatic nitrogens is 8. The lowest BCUT2D eigenvalue weighted by molar-refractivity contribution is -0.0585. The molecule has 3 aliphatic rings. The number of phosphoric ester groups is 2. The number of ether oxygens (including phenoxy) is 1. The zero-order valence-corrected chi connectivity index (χ0v) is 24.2. The quantitative estimate of drug-likeness (QED) is 0.146. The monoisotopic (exact) mass is 656 g/mol. The number of nitrogens with one attached hydrogen (secondary N) is 1. The van der Waals surface area contributed by atoms with E-state index in [1.54, 1.807) is 0 Å². The molecule has 23 heteroatoms. The first kappa shape index (κ1) is 29.4. The first-order valence-electron chi connectivity index (χ1n) is 13.2. The fraction of sp³-hybridized carbons (Fsp3) is 0.524. The molecule has 1 aliphatic carbocycles. The van der Waals surface area contributed by atoms with Gasteiger partial charge < -0.3 is 35.7 Å². The highest BCUT2D eigenvalue weighted by atomic mass is 31.2. The molecule has 0 bridgehead atoms. The third-order valence-electron chi connectivity index (χ3n) is 7.80. The number of phosphoric acid groups is 2. The van der Waals surface area contributed by atoms with Crippen molar-refractivity contribution >= 4 is 49.7 Å². The van der Waals surface area contributed by atoms with Gasteiger partial charge in [-0.2, -0.15) is 4.98 Å². The number of anilines is 2. The summed E-state index contributed by atoms with van der Waals surface area (Å²) < 4.78 is 56.5. The van der Waals surface area contributed by atoms with Gasteiger partial charge in [0, 0.05) is 12.3 Å². The van der Waals surface area contributed by atoms with E-state index >= 15 is 0 Å². The van der Waals surface area contributed by atoms with Crippen LogP contribution in [0, 0.1) is 5.92 Å². The number of hydrogen-bond acceptors (Lipinski definition) is 16. The average Bonchev–Trinajstić information content (AvgIpc) is 3.72. The molecule has 3 fully saturated rings. The predicted molar refractivity (Wildman–Crippen MR) is 145 cm³/mol. The number of aromatic amines is 1. The lowest BCUT2D eigenvalue weighted by Gasteiger charge is -2.28. The number of hydrogen-bond donors (Lipinski definition) is 6. The molecular formula is C21H26N10O11P2. The van der Waals surface area contributed by atoms with Crippen LogP contribution in [0.1, 0.15) is 25.1 Å². The van der Waals surface area contributed by atoms with E-state index in [9.17, 15) is 28.8 Å². The molecule has 7 rings (SSSR count). The number of rotatable bonds is 2. The summed E-state index contributed by atoms with van der Waals surface area (Å²) in [6.45, 7) is -1.13. The highest BCUT2D eigenvalue weighted by molar-refractivity contribution is 7.47. The van der Waals surface area contributed by atoms with E-state index in [4.69, 9.17) is 34.3 Å². The Balaban J connectivity index is 1.15. The average molecular weight is 656 g/mol. The molecule has 1 saturated carbocycles. The van der Waals surface area contributed by atoms with Gasteiger partial charge in [-0.25, -0.2) is 29.1 Å². The molecule has 0 spiro atoms. The molecule has 0 amide bonds. The summed E-state index contributed by atoms with van der Waals surface area (Å²) in [7, 11) is -9.64. The molecule has 44 heavy (non-hydrogen) atoms. The van der Waals surface area contributed by atoms with Crippen molar-refractivity contribution in [3.8, 4) is 0 Å². The van der Waals surface area contributed by atoms with E-state index in [2.05, 4.69) is 29.9 Å². The van der Waals surface area contributed by atoms with Gasteiger partial charge in [0.25, 0.3) is 5.56 Å². The van der Waals surface area contributed by atoms with Crippen LogP contribution in [-0.4, -0.2) is 91.6 Å². The molecule has 6 heterocycles. The first-order valence-corrected chi connectivity index (χ1v) is 16.2. The number of nitrogens with zero attached hydrogens (tertiary/aromatic N) is 7. The summed E-state index contributed by atoms with van der Waals surface area (Å²) in [6.07, 6.45) is -2.22. The molecule has 21 nitrogen and oxygen atoms in total. The topological polar surface area (TPSA) is 300 Å². The van der Waals surface area contributed by atoms with Crippen LogP contribution in [-0.2, 0) is 32.0 Å². The standard InChI is InChI=1S/C21H26N10O11P2/c22-17-13-18(25-5-24-17)31(7-26-13)12-2-10-11(40-12)4-39-44(36,37)42-16-8(3-38-43(34,35)41-10)1-9(15(16)32)30-6-27-14-19(30)28-21(23)29-20(14)33/h5-12,15-16,32H,1-4H2,(H,34,35)(H,36,37)(H2,22,24,25)(H3,23,28,29,33)/t8?,9?,10-,11?,12-,15?,16?/m1/s1. The Morgan fingerprint density at radius 1 is 0.909 bits per heavy atom. The van der Waals surface area contributed by atoms with Crippen molar-refractivity contribution in [3.05, 3.63) is 29.3 Å². The SMILES string of the molecule is Nc1nc2c(ncn2C2CC3COP(=O)(O)O[C@@H]4C[C@H](n5cnc6c(N)ncnc65)OC4COP(=O)(O)OC3C2O)c(=O)[nH]1. The smallest absolute Gasteiger partial charge is 0.388 e. The van der Waals surface area contributed by atoms with Crippen LogP contribution in [0.25, 0.3) is 22.3 Å². The molecule has 236 valence electrons. The van der Waals surface area contributed by atoms with Gasteiger partial charge >= 0.3 is 15.6 Å². The van der Waals surface area contributed by atoms with Crippen molar-refractivity contribution in [1.82, 2.24) is 39.0 Å². The maximum absolute atomic E-state index is 13.1. The maximum atomic E-state index is 13.1. The third kappa shape index (κ3) is 5.20. The fourth-order valence-electron chi connectivity index (χ4n) is 5.81. The van der Waals surface area contributed by atoms with E-state index in [0.717, 1.165) is 0 Å². The van der Waals surface area contributed by atoms with E-state index in [1.807, 2.05) is 0 Å². The Bertz CT molecular complexity index is 1900. The van der Waals surface area contributed by atoms with Crippen LogP contribution in [0.5, 0.6) is 0 Å². The van der Waals surface area contributed by atoms with Gasteiger partial charge in [-0.3, -0.25) is 32.4 Å². The maximum Gasteiger partial charge on any atom is 0.472 e. The van der Waals surface area contributed by atoms with E-state index < -0.39 is 77.0 Å². The van der Waals surface area contributed by atoms with Crippen LogP contribution >= 0.6 is 15.6 Å². The highest BCUT2D eigenvalue weighted by Gasteiger charge is 2.51. The lowest BCUT2D eigenvalue weighted by Crippen LogP contribution is -2.35. The zero-order valence-electron chi connectivity index (χ0n) is 22.4. The zero-order chi connectivity index (χ0) is 31.0. The molecule has 0 aromatic carbocycles. The molecule has 0 radical (unpaired) electrons. The number of nitrogens with two attached hydrogens (primary N) is 2. The Kier molecular flexibility index (Phi) is 7.09. The molecule has 2 aliphatic heterocycles. The van der Waals surface area contributed by atoms with E-state index in [-0.39, 0.29) is 35.8 Å². The van der Waals surface area contributed by atoms with Crippen molar-refractivity contribution in [3.63, 3.8) is 0 Å². The number of H-pyrrole nitrogens is 1. The second-order valence-corrected chi connectivity index (χ2v) is 13.3. The molecule has 4 aromatic rings. The number of fused-ring (bicyclic) bond motifs is 4. The van der Waals surface area contributed by atoms with Gasteiger partial charge in [0.1, 0.15) is 42.5 Å². The summed E-state index contributed by atoms with van der Waals surface area (Å²) in [6, 6.07) is -0.914.